The monoisotopic (exact) mass is 1030 g/mol. The van der Waals surface area contributed by atoms with Crippen LogP contribution in [0.4, 0.5) is 0 Å². The lowest BCUT2D eigenvalue weighted by Gasteiger charge is -2.30. The van der Waals surface area contributed by atoms with Gasteiger partial charge in [-0.3, -0.25) is 62.3 Å². The highest BCUT2D eigenvalue weighted by Gasteiger charge is 2.41. The molecule has 0 aliphatic carbocycles. The predicted molar refractivity (Wildman–Crippen MR) is 243 cm³/mol. The molecule has 0 aromatic heterocycles. The Hall–Kier alpha value is -7.05. The molecule has 0 unspecified atom stereocenters. The number of amides is 10. The summed E-state index contributed by atoms with van der Waals surface area (Å²) >= 11 is 0. The molecule has 404 valence electrons. The number of rotatable bonds is 31. The van der Waals surface area contributed by atoms with Gasteiger partial charge in [0, 0.05) is 19.4 Å². The van der Waals surface area contributed by atoms with E-state index in [2.05, 4.69) is 42.5 Å². The second-order valence-corrected chi connectivity index (χ2v) is 17.6. The van der Waals surface area contributed by atoms with E-state index >= 15 is 0 Å². The summed E-state index contributed by atoms with van der Waals surface area (Å²) in [6.07, 6.45) is -3.60. The first-order chi connectivity index (χ1) is 33.8. The molecule has 30 heteroatoms. The predicted octanol–water partition coefficient (Wildman–Crippen LogP) is -7.66. The maximum atomic E-state index is 13.8. The van der Waals surface area contributed by atoms with Crippen molar-refractivity contribution in [3.8, 4) is 0 Å². The van der Waals surface area contributed by atoms with Crippen molar-refractivity contribution in [2.75, 3.05) is 32.8 Å². The first kappa shape index (κ1) is 61.1. The smallest absolute Gasteiger partial charge is 0.322 e. The van der Waals surface area contributed by atoms with Crippen molar-refractivity contribution < 1.29 is 93.0 Å². The Bertz CT molecular complexity index is 2000. The molecular formula is C42H67N11O19. The van der Waals surface area contributed by atoms with Crippen molar-refractivity contribution >= 4 is 77.0 Å². The van der Waals surface area contributed by atoms with E-state index in [-0.39, 0.29) is 31.7 Å². The van der Waals surface area contributed by atoms with Crippen LogP contribution in [0.15, 0.2) is 0 Å². The van der Waals surface area contributed by atoms with Crippen molar-refractivity contribution in [3.05, 3.63) is 0 Å². The first-order valence-corrected chi connectivity index (χ1v) is 23.1. The van der Waals surface area contributed by atoms with Crippen LogP contribution in [0.5, 0.6) is 0 Å². The highest BCUT2D eigenvalue weighted by molar-refractivity contribution is 5.99. The van der Waals surface area contributed by atoms with Crippen LogP contribution in [0, 0.1) is 5.92 Å². The molecule has 2 saturated heterocycles. The molecule has 0 aromatic rings. The molecule has 2 heterocycles. The molecule has 0 spiro atoms. The summed E-state index contributed by atoms with van der Waals surface area (Å²) in [6, 6.07) is -14.0. The highest BCUT2D eigenvalue weighted by Crippen LogP contribution is 2.20. The molecule has 10 amide bonds. The molecule has 17 N–H and O–H groups in total. The molecule has 0 aromatic carbocycles. The second kappa shape index (κ2) is 30.0. The lowest BCUT2D eigenvalue weighted by atomic mass is 10.0. The van der Waals surface area contributed by atoms with Gasteiger partial charge in [-0.25, -0.2) is 0 Å². The summed E-state index contributed by atoms with van der Waals surface area (Å²) in [6.45, 7) is 1.90. The quantitative estimate of drug-likeness (QED) is 0.0307. The van der Waals surface area contributed by atoms with Crippen LogP contribution in [-0.2, 0) is 62.3 Å². The molecule has 2 aliphatic rings. The number of carbonyl (C=O) groups is 13. The average molecular weight is 1030 g/mol. The zero-order valence-electron chi connectivity index (χ0n) is 40.0. The number of nitrogens with one attached hydrogen (secondary N) is 9. The van der Waals surface area contributed by atoms with Gasteiger partial charge in [0.05, 0.1) is 31.8 Å². The topological polar surface area (TPSA) is 481 Å². The van der Waals surface area contributed by atoms with Crippen molar-refractivity contribution in [2.45, 2.75) is 145 Å². The number of carbonyl (C=O) groups excluding carboxylic acids is 10. The van der Waals surface area contributed by atoms with E-state index in [1.807, 2.05) is 5.32 Å². The van der Waals surface area contributed by atoms with E-state index in [1.165, 1.54) is 6.92 Å². The fourth-order valence-electron chi connectivity index (χ4n) is 7.53. The molecule has 0 radical (unpaired) electrons. The summed E-state index contributed by atoms with van der Waals surface area (Å²) in [5.74, 6) is -15.2. The SMILES string of the molecule is CC(C)C[C@H](NC(=O)[C@@H](NC(=O)[C@@H]1CCCN1)[C@@H](C)O)C(=O)N[C@@H](CO)C(=O)N[C@@H](CCC(=O)O)C(=O)N[C@@H](CO)C(=O)N1CCC[C@H]1C(=O)N[C@@H](CCC(N)=O)C(=O)N[C@@H](CC(=O)O)C(=O)NCC(=O)O. The Kier molecular flexibility index (Phi) is 25.4. The number of likely N-dealkylation sites (tertiary alicyclic amines) is 1. The first-order valence-electron chi connectivity index (χ1n) is 23.1. The van der Waals surface area contributed by atoms with Crippen LogP contribution in [0.3, 0.4) is 0 Å². The minimum Gasteiger partial charge on any atom is -0.481 e. The number of hydrogen-bond donors (Lipinski definition) is 16. The molecule has 0 bridgehead atoms. The summed E-state index contributed by atoms with van der Waals surface area (Å²) in [5, 5.41) is 79.2. The van der Waals surface area contributed by atoms with Gasteiger partial charge < -0.3 is 89.1 Å². The van der Waals surface area contributed by atoms with E-state index in [1.54, 1.807) is 13.8 Å². The number of primary amides is 1. The third kappa shape index (κ3) is 20.4. The Labute approximate surface area is 412 Å². The Morgan fingerprint density at radius 3 is 1.67 bits per heavy atom. The van der Waals surface area contributed by atoms with Crippen LogP contribution >= 0.6 is 0 Å². The second-order valence-electron chi connectivity index (χ2n) is 17.6. The Morgan fingerprint density at radius 2 is 1.14 bits per heavy atom. The molecule has 30 nitrogen and oxygen atoms in total. The largest absolute Gasteiger partial charge is 0.481 e. The third-order valence-electron chi connectivity index (χ3n) is 11.2. The number of aliphatic hydroxyl groups excluding tert-OH is 3. The van der Waals surface area contributed by atoms with Crippen LogP contribution in [-0.4, -0.2) is 206 Å². The zero-order chi connectivity index (χ0) is 54.4. The Balaban J connectivity index is 2.26. The van der Waals surface area contributed by atoms with Gasteiger partial charge in [-0.1, -0.05) is 13.8 Å². The number of carboxylic acid groups (broad SMARTS) is 3. The van der Waals surface area contributed by atoms with E-state index in [0.717, 1.165) is 4.90 Å². The van der Waals surface area contributed by atoms with Crippen LogP contribution in [0.25, 0.3) is 0 Å². The van der Waals surface area contributed by atoms with E-state index in [9.17, 15) is 87.9 Å². The van der Waals surface area contributed by atoms with Gasteiger partial charge in [-0.2, -0.15) is 0 Å². The van der Waals surface area contributed by atoms with Crippen LogP contribution < -0.4 is 53.6 Å². The van der Waals surface area contributed by atoms with Crippen molar-refractivity contribution in [1.29, 1.82) is 0 Å². The van der Waals surface area contributed by atoms with Crippen LogP contribution in [0.1, 0.15) is 85.0 Å². The summed E-state index contributed by atoms with van der Waals surface area (Å²) in [5.41, 5.74) is 5.23. The highest BCUT2D eigenvalue weighted by atomic mass is 16.4. The van der Waals surface area contributed by atoms with Gasteiger partial charge in [0.25, 0.3) is 0 Å². The lowest BCUT2D eigenvalue weighted by Crippen LogP contribution is -2.62. The molecule has 72 heavy (non-hydrogen) atoms. The molecule has 2 aliphatic heterocycles. The fraction of sp³-hybridized carbons (Fsp3) is 0.690. The minimum absolute atomic E-state index is 0.0420. The molecule has 0 saturated carbocycles. The van der Waals surface area contributed by atoms with Crippen molar-refractivity contribution in [2.24, 2.45) is 11.7 Å². The van der Waals surface area contributed by atoms with Gasteiger partial charge in [-0.15, -0.1) is 0 Å². The maximum absolute atomic E-state index is 13.8. The van der Waals surface area contributed by atoms with Gasteiger partial charge in [0.2, 0.25) is 59.1 Å². The molecular weight excluding hydrogens is 963 g/mol. The number of aliphatic hydroxyl groups is 3. The van der Waals surface area contributed by atoms with E-state index in [0.29, 0.717) is 19.4 Å². The standard InChI is InChI=1S/C42H67N11O19/c1-19(2)14-24(49-41(71)33(20(3)56)52-35(65)21-6-4-12-44-21)38(68)50-26(17-54)39(69)46-23(9-11-30(58)59)37(67)51-27(18-55)42(72)53-13-5-7-28(53)40(70)47-22(8-10-29(43)57)36(66)48-25(15-31(60)61)34(64)45-16-32(62)63/h19-28,33,44,54-56H,4-18H2,1-3H3,(H2,43,57)(H,45,64)(H,46,69)(H,47,70)(H,48,66)(H,49,71)(H,50,68)(H,51,67)(H,52,65)(H,58,59)(H,60,61)(H,62,63)/t20-,21+,22+,23+,24+,25+,26+,27+,28+,33+/m1/s1. The summed E-state index contributed by atoms with van der Waals surface area (Å²) in [7, 11) is 0. The van der Waals surface area contributed by atoms with E-state index < -0.39 is 189 Å². The average Bonchev–Trinajstić information content (AvgIpc) is 4.03. The van der Waals surface area contributed by atoms with Gasteiger partial charge in [0.15, 0.2) is 0 Å². The number of hydrogen-bond acceptors (Lipinski definition) is 17. The summed E-state index contributed by atoms with van der Waals surface area (Å²) in [4.78, 5) is 167. The zero-order valence-corrected chi connectivity index (χ0v) is 40.0. The maximum Gasteiger partial charge on any atom is 0.322 e. The fourth-order valence-corrected chi connectivity index (χ4v) is 7.53. The normalized spacial score (nSPS) is 18.6. The van der Waals surface area contributed by atoms with E-state index in [4.69, 9.17) is 10.8 Å². The minimum atomic E-state index is -1.86. The molecule has 10 atom stereocenters. The number of carboxylic acids is 3. The molecule has 2 rings (SSSR count). The molecule has 2 fully saturated rings. The number of nitrogens with zero attached hydrogens (tertiary/aromatic N) is 1. The van der Waals surface area contributed by atoms with Gasteiger partial charge in [-0.05, 0) is 64.3 Å². The lowest BCUT2D eigenvalue weighted by molar-refractivity contribution is -0.144. The van der Waals surface area contributed by atoms with Gasteiger partial charge in [0.1, 0.15) is 54.9 Å². The Morgan fingerprint density at radius 1 is 0.597 bits per heavy atom. The van der Waals surface area contributed by atoms with Crippen molar-refractivity contribution in [3.63, 3.8) is 0 Å². The van der Waals surface area contributed by atoms with Gasteiger partial charge >= 0.3 is 17.9 Å². The third-order valence-corrected chi connectivity index (χ3v) is 11.2. The van der Waals surface area contributed by atoms with Crippen LogP contribution in [0.2, 0.25) is 0 Å². The number of nitrogens with two attached hydrogens (primary N) is 1. The summed E-state index contributed by atoms with van der Waals surface area (Å²) < 4.78 is 0. The van der Waals surface area contributed by atoms with Crippen molar-refractivity contribution in [1.82, 2.24) is 52.8 Å². The number of aliphatic carboxylic acids is 3.